The van der Waals surface area contributed by atoms with Crippen molar-refractivity contribution in [3.8, 4) is 0 Å². The number of hydrogen-bond donors (Lipinski definition) is 2. The summed E-state index contributed by atoms with van der Waals surface area (Å²) in [5.41, 5.74) is 7.36. The average Bonchev–Trinajstić information content (AvgIpc) is 2.56. The number of amides is 1. The molecule has 0 aliphatic carbocycles. The van der Waals surface area contributed by atoms with Gasteiger partial charge in [-0.1, -0.05) is 13.8 Å². The van der Waals surface area contributed by atoms with E-state index < -0.39 is 17.5 Å². The van der Waals surface area contributed by atoms with Crippen molar-refractivity contribution in [2.45, 2.75) is 20.3 Å². The topological polar surface area (TPSA) is 58.4 Å². The molecule has 1 amide bonds. The Morgan fingerprint density at radius 1 is 1.19 bits per heavy atom. The SMILES string of the molecule is C[C@H]1C[C@H](C)CN(c2ccc(N)cc2C(=O)Nc2c(F)cc(F)cc2Br)C1. The smallest absolute Gasteiger partial charge is 0.257 e. The quantitative estimate of drug-likeness (QED) is 0.660. The van der Waals surface area contributed by atoms with E-state index in [2.05, 4.69) is 40.0 Å². The number of nitrogens with zero attached hydrogens (tertiary/aromatic N) is 1. The molecule has 7 heteroatoms. The lowest BCUT2D eigenvalue weighted by molar-refractivity contribution is 0.102. The van der Waals surface area contributed by atoms with Crippen LogP contribution in [0.15, 0.2) is 34.8 Å². The van der Waals surface area contributed by atoms with Gasteiger partial charge in [0.05, 0.1) is 11.3 Å². The fraction of sp³-hybridized carbons (Fsp3) is 0.350. The van der Waals surface area contributed by atoms with Gasteiger partial charge < -0.3 is 16.0 Å². The van der Waals surface area contributed by atoms with Crippen molar-refractivity contribution >= 4 is 38.9 Å². The van der Waals surface area contributed by atoms with Gasteiger partial charge in [-0.3, -0.25) is 4.79 Å². The molecule has 0 saturated carbocycles. The fourth-order valence-electron chi connectivity index (χ4n) is 3.71. The predicted octanol–water partition coefficient (Wildman–Crippen LogP) is 5.04. The summed E-state index contributed by atoms with van der Waals surface area (Å²) in [6, 6.07) is 7.00. The molecule has 0 radical (unpaired) electrons. The number of anilines is 3. The molecule has 0 bridgehead atoms. The van der Waals surface area contributed by atoms with Crippen molar-refractivity contribution in [1.82, 2.24) is 0 Å². The van der Waals surface area contributed by atoms with Gasteiger partial charge in [0.2, 0.25) is 0 Å². The number of hydrogen-bond acceptors (Lipinski definition) is 3. The van der Waals surface area contributed by atoms with E-state index in [0.717, 1.165) is 37.3 Å². The number of piperidine rings is 1. The fourth-order valence-corrected chi connectivity index (χ4v) is 4.22. The van der Waals surface area contributed by atoms with Gasteiger partial charge in [-0.2, -0.15) is 0 Å². The maximum absolute atomic E-state index is 14.1. The molecule has 4 nitrogen and oxygen atoms in total. The van der Waals surface area contributed by atoms with Crippen molar-refractivity contribution < 1.29 is 13.6 Å². The molecular formula is C20H22BrF2N3O. The molecule has 1 aliphatic rings. The lowest BCUT2D eigenvalue weighted by Gasteiger charge is -2.37. The molecular weight excluding hydrogens is 416 g/mol. The number of nitrogens with two attached hydrogens (primary N) is 1. The van der Waals surface area contributed by atoms with Crippen molar-refractivity contribution in [1.29, 1.82) is 0 Å². The maximum Gasteiger partial charge on any atom is 0.257 e. The Balaban J connectivity index is 1.94. The van der Waals surface area contributed by atoms with Gasteiger partial charge in [-0.25, -0.2) is 8.78 Å². The summed E-state index contributed by atoms with van der Waals surface area (Å²) < 4.78 is 27.5. The van der Waals surface area contributed by atoms with E-state index in [9.17, 15) is 13.6 Å². The number of nitrogen functional groups attached to an aromatic ring is 1. The summed E-state index contributed by atoms with van der Waals surface area (Å²) in [7, 11) is 0. The van der Waals surface area contributed by atoms with Gasteiger partial charge in [0.15, 0.2) is 5.82 Å². The molecule has 3 rings (SSSR count). The number of carbonyl (C=O) groups excluding carboxylic acids is 1. The van der Waals surface area contributed by atoms with Crippen LogP contribution >= 0.6 is 15.9 Å². The van der Waals surface area contributed by atoms with Crippen LogP contribution in [0.3, 0.4) is 0 Å². The zero-order chi connectivity index (χ0) is 19.7. The van der Waals surface area contributed by atoms with Crippen LogP contribution in [-0.4, -0.2) is 19.0 Å². The van der Waals surface area contributed by atoms with E-state index in [4.69, 9.17) is 5.73 Å². The van der Waals surface area contributed by atoms with Crippen LogP contribution < -0.4 is 16.0 Å². The van der Waals surface area contributed by atoms with Gasteiger partial charge in [-0.05, 0) is 58.5 Å². The molecule has 2 aromatic carbocycles. The van der Waals surface area contributed by atoms with Crippen LogP contribution in [0.2, 0.25) is 0 Å². The zero-order valence-corrected chi connectivity index (χ0v) is 16.8. The van der Waals surface area contributed by atoms with E-state index in [1.807, 2.05) is 6.07 Å². The molecule has 3 N–H and O–H groups in total. The molecule has 1 aliphatic heterocycles. The van der Waals surface area contributed by atoms with Gasteiger partial charge in [0.1, 0.15) is 5.82 Å². The zero-order valence-electron chi connectivity index (χ0n) is 15.2. The first-order valence-corrected chi connectivity index (χ1v) is 9.64. The largest absolute Gasteiger partial charge is 0.399 e. The van der Waals surface area contributed by atoms with Crippen LogP contribution in [0.1, 0.15) is 30.6 Å². The van der Waals surface area contributed by atoms with E-state index in [0.29, 0.717) is 23.1 Å². The number of carbonyl (C=O) groups is 1. The van der Waals surface area contributed by atoms with Crippen molar-refractivity contribution in [2.24, 2.45) is 11.8 Å². The highest BCUT2D eigenvalue weighted by molar-refractivity contribution is 9.10. The second-order valence-electron chi connectivity index (χ2n) is 7.33. The molecule has 0 spiro atoms. The number of halogens is 3. The van der Waals surface area contributed by atoms with Crippen molar-refractivity contribution in [3.63, 3.8) is 0 Å². The Labute approximate surface area is 165 Å². The third-order valence-corrected chi connectivity index (χ3v) is 5.35. The van der Waals surface area contributed by atoms with E-state index in [1.165, 1.54) is 0 Å². The van der Waals surface area contributed by atoms with Gasteiger partial charge >= 0.3 is 0 Å². The van der Waals surface area contributed by atoms with Crippen LogP contribution in [0.4, 0.5) is 25.8 Å². The summed E-state index contributed by atoms with van der Waals surface area (Å²) in [5.74, 6) is -1.05. The number of nitrogens with one attached hydrogen (secondary N) is 1. The maximum atomic E-state index is 14.1. The molecule has 1 fully saturated rings. The average molecular weight is 438 g/mol. The first kappa shape index (κ1) is 19.6. The van der Waals surface area contributed by atoms with E-state index in [1.54, 1.807) is 12.1 Å². The van der Waals surface area contributed by atoms with Crippen LogP contribution in [-0.2, 0) is 0 Å². The summed E-state index contributed by atoms with van der Waals surface area (Å²) in [5, 5.41) is 2.54. The third-order valence-electron chi connectivity index (χ3n) is 4.72. The van der Waals surface area contributed by atoms with Crippen molar-refractivity contribution in [3.05, 3.63) is 52.0 Å². The summed E-state index contributed by atoms with van der Waals surface area (Å²) in [4.78, 5) is 15.1. The molecule has 144 valence electrons. The third kappa shape index (κ3) is 4.40. The molecule has 1 heterocycles. The Morgan fingerprint density at radius 3 is 2.48 bits per heavy atom. The second-order valence-corrected chi connectivity index (χ2v) is 8.18. The minimum atomic E-state index is -0.846. The molecule has 27 heavy (non-hydrogen) atoms. The van der Waals surface area contributed by atoms with Crippen LogP contribution in [0, 0.1) is 23.5 Å². The molecule has 0 aromatic heterocycles. The highest BCUT2D eigenvalue weighted by atomic mass is 79.9. The highest BCUT2D eigenvalue weighted by Crippen LogP contribution is 2.32. The summed E-state index contributed by atoms with van der Waals surface area (Å²) in [6.07, 6.45) is 1.14. The van der Waals surface area contributed by atoms with Crippen LogP contribution in [0.5, 0.6) is 0 Å². The molecule has 0 unspecified atom stereocenters. The Morgan fingerprint density at radius 2 is 1.85 bits per heavy atom. The number of benzene rings is 2. The van der Waals surface area contributed by atoms with Crippen LogP contribution in [0.25, 0.3) is 0 Å². The minimum absolute atomic E-state index is 0.102. The van der Waals surface area contributed by atoms with Gasteiger partial charge in [0, 0.05) is 35.0 Å². The normalized spacial score (nSPS) is 19.8. The standard InChI is InChI=1S/C20H22BrF2N3O/c1-11-5-12(2)10-26(9-11)18-4-3-14(24)8-15(18)20(27)25-19-16(21)6-13(22)7-17(19)23/h3-4,6-8,11-12H,5,9-10,24H2,1-2H3,(H,25,27)/t11-,12-/m0/s1. The Bertz CT molecular complexity index is 841. The van der Waals surface area contributed by atoms with Gasteiger partial charge in [0.25, 0.3) is 5.91 Å². The first-order valence-electron chi connectivity index (χ1n) is 8.85. The summed E-state index contributed by atoms with van der Waals surface area (Å²) in [6.45, 7) is 6.04. The monoisotopic (exact) mass is 437 g/mol. The number of rotatable bonds is 3. The van der Waals surface area contributed by atoms with Crippen molar-refractivity contribution in [2.75, 3.05) is 29.0 Å². The molecule has 2 atom stereocenters. The lowest BCUT2D eigenvalue weighted by atomic mass is 9.91. The Hall–Kier alpha value is -2.15. The second kappa shape index (κ2) is 7.84. The molecule has 1 saturated heterocycles. The highest BCUT2D eigenvalue weighted by Gasteiger charge is 2.26. The molecule has 2 aromatic rings. The van der Waals surface area contributed by atoms with E-state index >= 15 is 0 Å². The van der Waals surface area contributed by atoms with Gasteiger partial charge in [-0.15, -0.1) is 0 Å². The first-order chi connectivity index (χ1) is 12.7. The Kier molecular flexibility index (Phi) is 5.69. The predicted molar refractivity (Wildman–Crippen MR) is 108 cm³/mol. The summed E-state index contributed by atoms with van der Waals surface area (Å²) >= 11 is 3.09. The van der Waals surface area contributed by atoms with E-state index in [-0.39, 0.29) is 10.2 Å². The lowest BCUT2D eigenvalue weighted by Crippen LogP contribution is -2.39. The minimum Gasteiger partial charge on any atom is -0.399 e.